The van der Waals surface area contributed by atoms with Gasteiger partial charge in [-0.05, 0) is 36.4 Å². The first-order valence-corrected chi connectivity index (χ1v) is 8.84. The van der Waals surface area contributed by atoms with Crippen molar-refractivity contribution in [1.82, 2.24) is 0 Å². The van der Waals surface area contributed by atoms with Crippen molar-refractivity contribution >= 4 is 21.7 Å². The largest absolute Gasteiger partial charge is 0.534 e. The fraction of sp³-hybridized carbons (Fsp3) is 0.188. The van der Waals surface area contributed by atoms with Gasteiger partial charge in [0, 0.05) is 16.8 Å². The highest BCUT2D eigenvalue weighted by Crippen LogP contribution is 2.37. The monoisotopic (exact) mass is 425 g/mol. The number of carbonyl (C=O) groups excluding carboxylic acids is 1. The number of anilines is 1. The standard InChI is InChI=1S/C16H9F6NO4S/c17-15(18,19)9-4-6-10(7-5-9)23-8-12-11(14(23)24)2-1-3-13(12)27-28(25,26)16(20,21)22/h1-7H,8H2. The van der Waals surface area contributed by atoms with Gasteiger partial charge in [-0.15, -0.1) is 0 Å². The van der Waals surface area contributed by atoms with Crippen LogP contribution in [0.3, 0.4) is 0 Å². The van der Waals surface area contributed by atoms with Crippen LogP contribution in [-0.4, -0.2) is 19.8 Å². The number of carbonyl (C=O) groups is 1. The molecule has 1 heterocycles. The lowest BCUT2D eigenvalue weighted by molar-refractivity contribution is -0.137. The van der Waals surface area contributed by atoms with Gasteiger partial charge in [0.25, 0.3) is 5.91 Å². The van der Waals surface area contributed by atoms with Crippen molar-refractivity contribution < 1.29 is 43.7 Å². The van der Waals surface area contributed by atoms with E-state index in [0.717, 1.165) is 41.3 Å². The fourth-order valence-electron chi connectivity index (χ4n) is 2.59. The lowest BCUT2D eigenvalue weighted by atomic mass is 10.1. The molecular formula is C16H9F6NO4S. The Hall–Kier alpha value is -2.76. The number of hydrogen-bond donors (Lipinski definition) is 0. The Balaban J connectivity index is 1.93. The molecule has 5 nitrogen and oxygen atoms in total. The number of rotatable bonds is 3. The highest BCUT2D eigenvalue weighted by atomic mass is 32.2. The van der Waals surface area contributed by atoms with E-state index >= 15 is 0 Å². The van der Waals surface area contributed by atoms with E-state index in [1.807, 2.05) is 0 Å². The zero-order chi connectivity index (χ0) is 20.9. The summed E-state index contributed by atoms with van der Waals surface area (Å²) in [5.74, 6) is -1.40. The van der Waals surface area contributed by atoms with Crippen LogP contribution in [0.1, 0.15) is 21.5 Å². The van der Waals surface area contributed by atoms with Crippen molar-refractivity contribution in [3.05, 3.63) is 59.2 Å². The molecule has 0 unspecified atom stereocenters. The highest BCUT2D eigenvalue weighted by molar-refractivity contribution is 7.88. The average Bonchev–Trinajstić information content (AvgIpc) is 2.91. The molecule has 12 heteroatoms. The zero-order valence-electron chi connectivity index (χ0n) is 13.5. The molecule has 0 radical (unpaired) electrons. The second-order valence-electron chi connectivity index (χ2n) is 5.70. The van der Waals surface area contributed by atoms with E-state index in [1.54, 1.807) is 0 Å². The number of hydrogen-bond acceptors (Lipinski definition) is 4. The summed E-state index contributed by atoms with van der Waals surface area (Å²) in [5.41, 5.74) is -6.79. The Morgan fingerprint density at radius 2 is 1.54 bits per heavy atom. The molecule has 0 aliphatic carbocycles. The molecule has 0 aromatic heterocycles. The average molecular weight is 425 g/mol. The highest BCUT2D eigenvalue weighted by Gasteiger charge is 2.49. The molecule has 28 heavy (non-hydrogen) atoms. The van der Waals surface area contributed by atoms with Crippen molar-refractivity contribution in [2.24, 2.45) is 0 Å². The minimum absolute atomic E-state index is 0.0545. The van der Waals surface area contributed by atoms with E-state index in [9.17, 15) is 39.6 Å². The third-order valence-corrected chi connectivity index (χ3v) is 4.88. The fourth-order valence-corrected chi connectivity index (χ4v) is 3.07. The normalized spacial score (nSPS) is 14.9. The summed E-state index contributed by atoms with van der Waals surface area (Å²) in [7, 11) is -5.95. The van der Waals surface area contributed by atoms with Gasteiger partial charge >= 0.3 is 21.8 Å². The molecule has 3 rings (SSSR count). The Kier molecular flexibility index (Phi) is 4.57. The SMILES string of the molecule is O=C1c2cccc(OS(=O)(=O)C(F)(F)F)c2CN1c1ccc(C(F)(F)F)cc1. The van der Waals surface area contributed by atoms with Crippen molar-refractivity contribution in [2.75, 3.05) is 4.90 Å². The Labute approximate surface area is 154 Å². The summed E-state index contributed by atoms with van der Waals surface area (Å²) < 4.78 is 102. The van der Waals surface area contributed by atoms with E-state index in [2.05, 4.69) is 4.18 Å². The third kappa shape index (κ3) is 3.51. The molecule has 1 amide bonds. The van der Waals surface area contributed by atoms with Gasteiger partial charge in [-0.1, -0.05) is 6.07 Å². The summed E-state index contributed by atoms with van der Waals surface area (Å²) in [5, 5.41) is 0. The summed E-state index contributed by atoms with van der Waals surface area (Å²) in [6.07, 6.45) is -4.58. The molecule has 2 aromatic carbocycles. The first-order chi connectivity index (χ1) is 12.8. The summed E-state index contributed by atoms with van der Waals surface area (Å²) in [6, 6.07) is 6.88. The van der Waals surface area contributed by atoms with Crippen LogP contribution in [0.15, 0.2) is 42.5 Å². The van der Waals surface area contributed by atoms with Crippen LogP contribution >= 0.6 is 0 Å². The number of nitrogens with zero attached hydrogens (tertiary/aromatic N) is 1. The van der Waals surface area contributed by atoms with Crippen LogP contribution in [-0.2, 0) is 22.8 Å². The van der Waals surface area contributed by atoms with Crippen LogP contribution < -0.4 is 9.08 Å². The smallest absolute Gasteiger partial charge is 0.376 e. The molecule has 2 aromatic rings. The van der Waals surface area contributed by atoms with Gasteiger partial charge in [0.2, 0.25) is 0 Å². The van der Waals surface area contributed by atoms with E-state index in [-0.39, 0.29) is 23.4 Å². The van der Waals surface area contributed by atoms with Crippen LogP contribution in [0.25, 0.3) is 0 Å². The molecule has 150 valence electrons. The van der Waals surface area contributed by atoms with Gasteiger partial charge < -0.3 is 9.08 Å². The topological polar surface area (TPSA) is 63.7 Å². The summed E-state index contributed by atoms with van der Waals surface area (Å²) >= 11 is 0. The minimum atomic E-state index is -5.95. The van der Waals surface area contributed by atoms with E-state index in [4.69, 9.17) is 0 Å². The number of halogens is 6. The number of alkyl halides is 6. The Morgan fingerprint density at radius 3 is 2.07 bits per heavy atom. The van der Waals surface area contributed by atoms with E-state index in [0.29, 0.717) is 0 Å². The molecule has 0 N–H and O–H groups in total. The maximum atomic E-state index is 12.6. The minimum Gasteiger partial charge on any atom is -0.376 e. The molecule has 0 saturated heterocycles. The zero-order valence-corrected chi connectivity index (χ0v) is 14.3. The predicted octanol–water partition coefficient (Wildman–Crippen LogP) is 4.09. The Morgan fingerprint density at radius 1 is 0.929 bits per heavy atom. The van der Waals surface area contributed by atoms with Gasteiger partial charge in [0.1, 0.15) is 5.75 Å². The van der Waals surface area contributed by atoms with Gasteiger partial charge in [0.15, 0.2) is 0 Å². The summed E-state index contributed by atoms with van der Waals surface area (Å²) in [6.45, 7) is -0.372. The molecular weight excluding hydrogens is 416 g/mol. The second kappa shape index (κ2) is 6.40. The number of benzene rings is 2. The molecule has 0 saturated carbocycles. The van der Waals surface area contributed by atoms with Crippen LogP contribution in [0, 0.1) is 0 Å². The van der Waals surface area contributed by atoms with Gasteiger partial charge in [-0.25, -0.2) is 0 Å². The molecule has 1 aliphatic rings. The van der Waals surface area contributed by atoms with Crippen LogP contribution in [0.2, 0.25) is 0 Å². The lowest BCUT2D eigenvalue weighted by Crippen LogP contribution is -2.28. The van der Waals surface area contributed by atoms with Gasteiger partial charge in [0.05, 0.1) is 12.1 Å². The van der Waals surface area contributed by atoms with Crippen molar-refractivity contribution in [3.63, 3.8) is 0 Å². The first-order valence-electron chi connectivity index (χ1n) is 7.43. The second-order valence-corrected chi connectivity index (χ2v) is 7.24. The third-order valence-electron chi connectivity index (χ3n) is 3.91. The molecule has 0 fully saturated rings. The quantitative estimate of drug-likeness (QED) is 0.422. The van der Waals surface area contributed by atoms with Crippen LogP contribution in [0.5, 0.6) is 5.75 Å². The van der Waals surface area contributed by atoms with Crippen molar-refractivity contribution in [3.8, 4) is 5.75 Å². The van der Waals surface area contributed by atoms with Gasteiger partial charge in [-0.2, -0.15) is 34.8 Å². The summed E-state index contributed by atoms with van der Waals surface area (Å²) in [4.78, 5) is 13.5. The number of fused-ring (bicyclic) bond motifs is 1. The molecule has 1 aliphatic heterocycles. The van der Waals surface area contributed by atoms with Crippen molar-refractivity contribution in [1.29, 1.82) is 0 Å². The molecule has 0 bridgehead atoms. The van der Waals surface area contributed by atoms with Crippen molar-refractivity contribution in [2.45, 2.75) is 18.2 Å². The lowest BCUT2D eigenvalue weighted by Gasteiger charge is -2.17. The van der Waals surface area contributed by atoms with Gasteiger partial charge in [-0.3, -0.25) is 4.79 Å². The van der Waals surface area contributed by atoms with E-state index < -0.39 is 39.0 Å². The number of amides is 1. The molecule has 0 atom stereocenters. The molecule has 0 spiro atoms. The Bertz CT molecular complexity index is 1030. The first kappa shape index (κ1) is 20.0. The maximum absolute atomic E-state index is 12.6. The predicted molar refractivity (Wildman–Crippen MR) is 84.0 cm³/mol. The maximum Gasteiger partial charge on any atom is 0.534 e. The van der Waals surface area contributed by atoms with Crippen LogP contribution in [0.4, 0.5) is 32.0 Å². The van der Waals surface area contributed by atoms with E-state index in [1.165, 1.54) is 6.07 Å².